The van der Waals surface area contributed by atoms with E-state index in [4.69, 9.17) is 15.7 Å². The standard InChI is InChI=1S/C10H13F3N4O2/c1-4-5(2)15-16-9(7(4)8(14)17-18)19-6(3)10(11,12)13/h6,18H,1-3H3,(H2,14,17). The number of aryl methyl sites for hydroxylation is 1. The monoisotopic (exact) mass is 278 g/mol. The van der Waals surface area contributed by atoms with Crippen LogP contribution in [0.25, 0.3) is 0 Å². The highest BCUT2D eigenvalue weighted by atomic mass is 19.4. The number of alkyl halides is 3. The van der Waals surface area contributed by atoms with Crippen LogP contribution in [0.2, 0.25) is 0 Å². The van der Waals surface area contributed by atoms with E-state index in [9.17, 15) is 13.2 Å². The summed E-state index contributed by atoms with van der Waals surface area (Å²) < 4.78 is 42.0. The minimum atomic E-state index is -4.55. The fraction of sp³-hybridized carbons (Fsp3) is 0.500. The van der Waals surface area contributed by atoms with Gasteiger partial charge in [-0.3, -0.25) is 0 Å². The molecule has 1 atom stereocenters. The molecule has 0 bridgehead atoms. The van der Waals surface area contributed by atoms with E-state index >= 15 is 0 Å². The van der Waals surface area contributed by atoms with E-state index in [0.717, 1.165) is 6.92 Å². The Labute approximate surface area is 107 Å². The molecular weight excluding hydrogens is 265 g/mol. The molecule has 106 valence electrons. The summed E-state index contributed by atoms with van der Waals surface area (Å²) in [5.74, 6) is -0.817. The van der Waals surface area contributed by atoms with Crippen molar-refractivity contribution < 1.29 is 23.1 Å². The Hall–Kier alpha value is -2.06. The molecule has 6 nitrogen and oxygen atoms in total. The van der Waals surface area contributed by atoms with Gasteiger partial charge in [-0.05, 0) is 26.3 Å². The van der Waals surface area contributed by atoms with Crippen LogP contribution in [-0.4, -0.2) is 33.5 Å². The van der Waals surface area contributed by atoms with Gasteiger partial charge in [0.25, 0.3) is 0 Å². The molecule has 1 unspecified atom stereocenters. The topological polar surface area (TPSA) is 93.6 Å². The normalized spacial score (nSPS) is 14.3. The maximum atomic E-state index is 12.4. The van der Waals surface area contributed by atoms with Crippen LogP contribution in [0.1, 0.15) is 23.7 Å². The van der Waals surface area contributed by atoms with E-state index in [1.807, 2.05) is 0 Å². The van der Waals surface area contributed by atoms with Gasteiger partial charge < -0.3 is 15.7 Å². The molecule has 0 saturated carbocycles. The third-order valence-corrected chi connectivity index (χ3v) is 2.54. The maximum Gasteiger partial charge on any atom is 0.425 e. The molecule has 0 amide bonds. The van der Waals surface area contributed by atoms with Crippen LogP contribution in [0, 0.1) is 13.8 Å². The van der Waals surface area contributed by atoms with Crippen LogP contribution < -0.4 is 10.5 Å². The number of amidine groups is 1. The fourth-order valence-corrected chi connectivity index (χ4v) is 1.26. The Bertz CT molecular complexity index is 502. The molecule has 1 aromatic heterocycles. The van der Waals surface area contributed by atoms with Gasteiger partial charge in [0.15, 0.2) is 11.9 Å². The first kappa shape index (κ1) is 15.0. The summed E-state index contributed by atoms with van der Waals surface area (Å²) in [5.41, 5.74) is 6.28. The summed E-state index contributed by atoms with van der Waals surface area (Å²) in [6.07, 6.45) is -6.64. The van der Waals surface area contributed by atoms with Crippen LogP contribution >= 0.6 is 0 Å². The van der Waals surface area contributed by atoms with Crippen molar-refractivity contribution >= 4 is 5.84 Å². The second-order valence-electron chi connectivity index (χ2n) is 3.88. The summed E-state index contributed by atoms with van der Waals surface area (Å²) in [5, 5.41) is 18.6. The molecular formula is C10H13F3N4O2. The van der Waals surface area contributed by atoms with Crippen molar-refractivity contribution in [3.05, 3.63) is 16.8 Å². The van der Waals surface area contributed by atoms with Crippen molar-refractivity contribution in [2.75, 3.05) is 0 Å². The Morgan fingerprint density at radius 2 is 1.95 bits per heavy atom. The molecule has 0 saturated heterocycles. The Morgan fingerprint density at radius 1 is 1.37 bits per heavy atom. The molecule has 1 aromatic rings. The lowest BCUT2D eigenvalue weighted by Crippen LogP contribution is -2.32. The zero-order chi connectivity index (χ0) is 14.8. The smallest absolute Gasteiger partial charge is 0.425 e. The van der Waals surface area contributed by atoms with Crippen LogP contribution in [-0.2, 0) is 0 Å². The number of halogens is 3. The summed E-state index contributed by atoms with van der Waals surface area (Å²) in [6.45, 7) is 3.98. The van der Waals surface area contributed by atoms with Crippen molar-refractivity contribution in [3.63, 3.8) is 0 Å². The molecule has 19 heavy (non-hydrogen) atoms. The number of aromatic nitrogens is 2. The molecule has 0 aromatic carbocycles. The van der Waals surface area contributed by atoms with Gasteiger partial charge in [0, 0.05) is 0 Å². The van der Waals surface area contributed by atoms with Crippen molar-refractivity contribution in [2.24, 2.45) is 10.9 Å². The molecule has 1 heterocycles. The third kappa shape index (κ3) is 3.24. The van der Waals surface area contributed by atoms with E-state index < -0.39 is 18.2 Å². The van der Waals surface area contributed by atoms with E-state index in [-0.39, 0.29) is 11.4 Å². The summed E-state index contributed by atoms with van der Waals surface area (Å²) in [4.78, 5) is 0. The average Bonchev–Trinajstić information content (AvgIpc) is 2.32. The third-order valence-electron chi connectivity index (χ3n) is 2.54. The van der Waals surface area contributed by atoms with Crippen LogP contribution in [0.3, 0.4) is 0 Å². The highest BCUT2D eigenvalue weighted by Crippen LogP contribution is 2.27. The average molecular weight is 278 g/mol. The van der Waals surface area contributed by atoms with Gasteiger partial charge in [0.1, 0.15) is 0 Å². The SMILES string of the molecule is Cc1nnc(OC(C)C(F)(F)F)c(C(N)=NO)c1C. The number of rotatable bonds is 3. The molecule has 0 spiro atoms. The number of hydrogen-bond donors (Lipinski definition) is 2. The van der Waals surface area contributed by atoms with Gasteiger partial charge in [-0.1, -0.05) is 5.16 Å². The van der Waals surface area contributed by atoms with Crippen molar-refractivity contribution in [1.82, 2.24) is 10.2 Å². The number of ether oxygens (including phenoxy) is 1. The predicted molar refractivity (Wildman–Crippen MR) is 60.2 cm³/mol. The first-order valence-corrected chi connectivity index (χ1v) is 5.23. The van der Waals surface area contributed by atoms with Crippen molar-refractivity contribution in [3.8, 4) is 5.88 Å². The first-order chi connectivity index (χ1) is 8.68. The molecule has 0 aliphatic rings. The molecule has 0 radical (unpaired) electrons. The lowest BCUT2D eigenvalue weighted by Gasteiger charge is -2.19. The fourth-order valence-electron chi connectivity index (χ4n) is 1.26. The largest absolute Gasteiger partial charge is 0.463 e. The summed E-state index contributed by atoms with van der Waals surface area (Å²) in [6, 6.07) is 0. The highest BCUT2D eigenvalue weighted by Gasteiger charge is 2.39. The predicted octanol–water partition coefficient (Wildman–Crippen LogP) is 1.52. The zero-order valence-corrected chi connectivity index (χ0v) is 10.5. The molecule has 0 aliphatic heterocycles. The Balaban J connectivity index is 3.26. The Kier molecular flexibility index (Phi) is 4.17. The Morgan fingerprint density at radius 3 is 2.42 bits per heavy atom. The number of nitrogens with zero attached hydrogens (tertiary/aromatic N) is 3. The van der Waals surface area contributed by atoms with Crippen LogP contribution in [0.4, 0.5) is 13.2 Å². The number of oxime groups is 1. The molecule has 9 heteroatoms. The second kappa shape index (κ2) is 5.29. The molecule has 1 rings (SSSR count). The lowest BCUT2D eigenvalue weighted by atomic mass is 10.1. The number of nitrogens with two attached hydrogens (primary N) is 1. The van der Waals surface area contributed by atoms with Gasteiger partial charge in [0.2, 0.25) is 5.88 Å². The van der Waals surface area contributed by atoms with Gasteiger partial charge in [-0.15, -0.1) is 5.10 Å². The maximum absolute atomic E-state index is 12.4. The van der Waals surface area contributed by atoms with E-state index in [2.05, 4.69) is 15.4 Å². The second-order valence-corrected chi connectivity index (χ2v) is 3.88. The minimum Gasteiger partial charge on any atom is -0.463 e. The van der Waals surface area contributed by atoms with E-state index in [0.29, 0.717) is 11.3 Å². The zero-order valence-electron chi connectivity index (χ0n) is 10.5. The van der Waals surface area contributed by atoms with Gasteiger partial charge in [-0.25, -0.2) is 0 Å². The minimum absolute atomic E-state index is 0.00824. The van der Waals surface area contributed by atoms with Crippen LogP contribution in [0.5, 0.6) is 5.88 Å². The van der Waals surface area contributed by atoms with E-state index in [1.54, 1.807) is 13.8 Å². The quantitative estimate of drug-likeness (QED) is 0.378. The van der Waals surface area contributed by atoms with Crippen molar-refractivity contribution in [2.45, 2.75) is 33.1 Å². The van der Waals surface area contributed by atoms with Gasteiger partial charge in [-0.2, -0.15) is 18.3 Å². The van der Waals surface area contributed by atoms with Crippen molar-refractivity contribution in [1.29, 1.82) is 0 Å². The molecule has 3 N–H and O–H groups in total. The molecule has 0 aliphatic carbocycles. The molecule has 0 fully saturated rings. The summed E-state index contributed by atoms with van der Waals surface area (Å²) >= 11 is 0. The number of hydrogen-bond acceptors (Lipinski definition) is 5. The van der Waals surface area contributed by atoms with E-state index in [1.165, 1.54) is 0 Å². The van der Waals surface area contributed by atoms with Crippen LogP contribution in [0.15, 0.2) is 5.16 Å². The van der Waals surface area contributed by atoms with Gasteiger partial charge >= 0.3 is 6.18 Å². The summed E-state index contributed by atoms with van der Waals surface area (Å²) in [7, 11) is 0. The lowest BCUT2D eigenvalue weighted by molar-refractivity contribution is -0.190. The van der Waals surface area contributed by atoms with Gasteiger partial charge in [0.05, 0.1) is 11.3 Å². The highest BCUT2D eigenvalue weighted by molar-refractivity contribution is 6.00. The first-order valence-electron chi connectivity index (χ1n) is 5.23.